The fraction of sp³-hybridized carbons (Fsp3) is 0.412. The number of hydrogen-bond acceptors (Lipinski definition) is 6. The maximum Gasteiger partial charge on any atom is 0.242 e. The zero-order valence-corrected chi connectivity index (χ0v) is 19.6. The van der Waals surface area contributed by atoms with Gasteiger partial charge >= 0.3 is 0 Å². The number of guanidine groups is 1. The van der Waals surface area contributed by atoms with Crippen LogP contribution in [-0.2, 0) is 10.0 Å². The first-order valence-corrected chi connectivity index (χ1v) is 11.1. The number of thiophene rings is 1. The number of pyridine rings is 1. The summed E-state index contributed by atoms with van der Waals surface area (Å²) >= 11 is 1.75. The van der Waals surface area contributed by atoms with Crippen LogP contribution in [0, 0.1) is 0 Å². The number of anilines is 1. The van der Waals surface area contributed by atoms with Gasteiger partial charge in [-0.05, 0) is 29.6 Å². The molecule has 0 atom stereocenters. The molecule has 1 saturated heterocycles. The Hall–Kier alpha value is -1.44. The van der Waals surface area contributed by atoms with Gasteiger partial charge in [0.25, 0.3) is 0 Å². The highest BCUT2D eigenvalue weighted by atomic mass is 127. The number of halogens is 1. The average molecular weight is 536 g/mol. The fourth-order valence-electron chi connectivity index (χ4n) is 2.87. The molecule has 2 aromatic heterocycles. The minimum atomic E-state index is -3.53. The smallest absolute Gasteiger partial charge is 0.242 e. The van der Waals surface area contributed by atoms with Crippen LogP contribution in [-0.4, -0.2) is 70.6 Å². The molecular weight excluding hydrogens is 511 g/mol. The highest BCUT2D eigenvalue weighted by Gasteiger charge is 2.20. The lowest BCUT2D eigenvalue weighted by molar-refractivity contribution is 0.374. The molecule has 0 saturated carbocycles. The molecule has 2 N–H and O–H groups in total. The van der Waals surface area contributed by atoms with Crippen molar-refractivity contribution in [2.24, 2.45) is 4.99 Å². The molecule has 154 valence electrons. The Morgan fingerprint density at radius 3 is 2.61 bits per heavy atom. The highest BCUT2D eigenvalue weighted by molar-refractivity contribution is 14.0. The van der Waals surface area contributed by atoms with Crippen molar-refractivity contribution in [3.05, 3.63) is 42.0 Å². The van der Waals surface area contributed by atoms with Crippen LogP contribution in [0.2, 0.25) is 0 Å². The minimum absolute atomic E-state index is 0. The van der Waals surface area contributed by atoms with Crippen LogP contribution in [0.5, 0.6) is 0 Å². The van der Waals surface area contributed by atoms with E-state index in [1.807, 2.05) is 0 Å². The molecule has 0 aromatic carbocycles. The summed E-state index contributed by atoms with van der Waals surface area (Å²) in [7, 11) is -1.79. The standard InChI is InChI=1S/C17H24N6O2S2.HI/c1-18-17(23-11-9-22(10-12-23)16-5-3-13-26-16)20-7-8-21-27(24,25)15-4-2-6-19-14-15;/h2-6,13-14,21H,7-12H2,1H3,(H,18,20);1H. The first-order valence-electron chi connectivity index (χ1n) is 8.74. The zero-order chi connectivity index (χ0) is 19.1. The Morgan fingerprint density at radius 1 is 1.21 bits per heavy atom. The van der Waals surface area contributed by atoms with Crippen molar-refractivity contribution in [3.8, 4) is 0 Å². The molecule has 3 rings (SSSR count). The van der Waals surface area contributed by atoms with Gasteiger partial charge in [-0.25, -0.2) is 13.1 Å². The number of nitrogens with one attached hydrogen (secondary N) is 2. The Morgan fingerprint density at radius 2 is 2.00 bits per heavy atom. The molecule has 1 fully saturated rings. The van der Waals surface area contributed by atoms with Gasteiger partial charge in [-0.2, -0.15) is 0 Å². The molecule has 3 heterocycles. The number of aliphatic imine (C=N–C) groups is 1. The predicted molar refractivity (Wildman–Crippen MR) is 124 cm³/mol. The third kappa shape index (κ3) is 6.03. The van der Waals surface area contributed by atoms with Crippen molar-refractivity contribution < 1.29 is 8.42 Å². The summed E-state index contributed by atoms with van der Waals surface area (Å²) in [6.07, 6.45) is 2.88. The van der Waals surface area contributed by atoms with Crippen molar-refractivity contribution in [3.63, 3.8) is 0 Å². The summed E-state index contributed by atoms with van der Waals surface area (Å²) in [5, 5.41) is 6.62. The number of sulfonamides is 1. The van der Waals surface area contributed by atoms with Crippen molar-refractivity contribution in [2.75, 3.05) is 51.2 Å². The Labute approximate surface area is 187 Å². The third-order valence-corrected chi connectivity index (χ3v) is 6.63. The lowest BCUT2D eigenvalue weighted by Crippen LogP contribution is -2.53. The van der Waals surface area contributed by atoms with E-state index in [1.165, 1.54) is 17.3 Å². The van der Waals surface area contributed by atoms with Crippen molar-refractivity contribution in [1.82, 2.24) is 19.9 Å². The number of rotatable bonds is 6. The number of nitrogens with zero attached hydrogens (tertiary/aromatic N) is 4. The first kappa shape index (κ1) is 22.8. The van der Waals surface area contributed by atoms with Crippen molar-refractivity contribution in [1.29, 1.82) is 0 Å². The second-order valence-corrected chi connectivity index (χ2v) is 8.68. The molecular formula is C17H25IN6O2S2. The predicted octanol–water partition coefficient (Wildman–Crippen LogP) is 1.44. The molecule has 0 aliphatic carbocycles. The van der Waals surface area contributed by atoms with Crippen LogP contribution in [0.25, 0.3) is 0 Å². The quantitative estimate of drug-likeness (QED) is 0.252. The van der Waals surface area contributed by atoms with E-state index < -0.39 is 10.0 Å². The van der Waals surface area contributed by atoms with E-state index >= 15 is 0 Å². The van der Waals surface area contributed by atoms with Crippen LogP contribution in [0.15, 0.2) is 51.9 Å². The first-order chi connectivity index (χ1) is 13.1. The Bertz CT molecular complexity index is 838. The molecule has 8 nitrogen and oxygen atoms in total. The molecule has 0 unspecified atom stereocenters. The molecule has 0 bridgehead atoms. The summed E-state index contributed by atoms with van der Waals surface area (Å²) in [5.41, 5.74) is 0. The minimum Gasteiger partial charge on any atom is -0.360 e. The Balaban J connectivity index is 0.00000280. The largest absolute Gasteiger partial charge is 0.360 e. The van der Waals surface area contributed by atoms with Gasteiger partial charge in [-0.15, -0.1) is 35.3 Å². The molecule has 28 heavy (non-hydrogen) atoms. The molecule has 0 amide bonds. The molecule has 0 radical (unpaired) electrons. The van der Waals surface area contributed by atoms with Gasteiger partial charge in [-0.3, -0.25) is 9.98 Å². The molecule has 11 heteroatoms. The van der Waals surface area contributed by atoms with Crippen molar-refractivity contribution >= 4 is 56.3 Å². The van der Waals surface area contributed by atoms with Gasteiger partial charge in [-0.1, -0.05) is 0 Å². The zero-order valence-electron chi connectivity index (χ0n) is 15.6. The van der Waals surface area contributed by atoms with Crippen LogP contribution in [0.4, 0.5) is 5.00 Å². The van der Waals surface area contributed by atoms with Crippen LogP contribution in [0.1, 0.15) is 0 Å². The van der Waals surface area contributed by atoms with E-state index in [0.29, 0.717) is 6.54 Å². The lowest BCUT2D eigenvalue weighted by atomic mass is 10.3. The molecule has 2 aromatic rings. The third-order valence-electron chi connectivity index (χ3n) is 4.25. The highest BCUT2D eigenvalue weighted by Crippen LogP contribution is 2.22. The van der Waals surface area contributed by atoms with Crippen LogP contribution >= 0.6 is 35.3 Å². The molecule has 1 aliphatic rings. The van der Waals surface area contributed by atoms with Gasteiger partial charge in [0.1, 0.15) is 4.90 Å². The van der Waals surface area contributed by atoms with Gasteiger partial charge < -0.3 is 15.1 Å². The van der Waals surface area contributed by atoms with E-state index in [1.54, 1.807) is 30.6 Å². The summed E-state index contributed by atoms with van der Waals surface area (Å²) in [6.45, 7) is 4.35. The fourth-order valence-corrected chi connectivity index (χ4v) is 4.65. The average Bonchev–Trinajstić information content (AvgIpc) is 3.24. The van der Waals surface area contributed by atoms with E-state index in [9.17, 15) is 8.42 Å². The van der Waals surface area contributed by atoms with Gasteiger partial charge in [0.2, 0.25) is 10.0 Å². The summed E-state index contributed by atoms with van der Waals surface area (Å²) < 4.78 is 26.9. The number of aromatic nitrogens is 1. The van der Waals surface area contributed by atoms with E-state index in [0.717, 1.165) is 32.1 Å². The Kier molecular flexibility index (Phi) is 8.92. The SMILES string of the molecule is CN=C(NCCNS(=O)(=O)c1cccnc1)N1CCN(c2cccs2)CC1.I. The van der Waals surface area contributed by atoms with E-state index in [2.05, 4.69) is 47.3 Å². The van der Waals surface area contributed by atoms with Gasteiger partial charge in [0.05, 0.1) is 5.00 Å². The topological polar surface area (TPSA) is 89.9 Å². The van der Waals surface area contributed by atoms with Gasteiger partial charge in [0, 0.05) is 58.7 Å². The maximum atomic E-state index is 12.2. The normalized spacial score (nSPS) is 15.2. The monoisotopic (exact) mass is 536 g/mol. The summed E-state index contributed by atoms with van der Waals surface area (Å²) in [6, 6.07) is 7.33. The summed E-state index contributed by atoms with van der Waals surface area (Å²) in [4.78, 5) is 12.9. The van der Waals surface area contributed by atoms with Gasteiger partial charge in [0.15, 0.2) is 5.96 Å². The second kappa shape index (κ2) is 10.9. The second-order valence-electron chi connectivity index (χ2n) is 5.99. The summed E-state index contributed by atoms with van der Waals surface area (Å²) in [5.74, 6) is 0.793. The number of piperazine rings is 1. The molecule has 0 spiro atoms. The van der Waals surface area contributed by atoms with Crippen LogP contribution < -0.4 is 14.9 Å². The lowest BCUT2D eigenvalue weighted by Gasteiger charge is -2.37. The van der Waals surface area contributed by atoms with E-state index in [-0.39, 0.29) is 35.4 Å². The number of hydrogen-bond donors (Lipinski definition) is 2. The molecule has 1 aliphatic heterocycles. The van der Waals surface area contributed by atoms with Crippen molar-refractivity contribution in [2.45, 2.75) is 4.90 Å². The van der Waals surface area contributed by atoms with E-state index in [4.69, 9.17) is 0 Å². The maximum absolute atomic E-state index is 12.2. The van der Waals surface area contributed by atoms with Crippen LogP contribution in [0.3, 0.4) is 0 Å².